The standard InChI is InChI=1S/Bi.Nb.Os.Ta. The second-order valence-corrected chi connectivity index (χ2v) is 0. The summed E-state index contributed by atoms with van der Waals surface area (Å²) in [5, 5.41) is 0. The van der Waals surface area contributed by atoms with Crippen LogP contribution < -0.4 is 0 Å². The molecule has 0 aromatic rings. The Morgan fingerprint density at radius 1 is 1.00 bits per heavy atom. The minimum atomic E-state index is 0. The molecule has 0 aliphatic rings. The van der Waals surface area contributed by atoms with Gasteiger partial charge in [0.1, 0.15) is 0 Å². The van der Waals surface area contributed by atoms with Crippen molar-refractivity contribution in [2.75, 3.05) is 0 Å². The predicted molar refractivity (Wildman–Crippen MR) is 5.75 cm³/mol. The third kappa shape index (κ3) is 8.89. The summed E-state index contributed by atoms with van der Waals surface area (Å²) in [6.45, 7) is 0. The van der Waals surface area contributed by atoms with Crippen LogP contribution in [-0.4, -0.2) is 26.2 Å². The SMILES string of the molecule is [Bi].[Nb].[Os].[Ta]. The van der Waals surface area contributed by atoms with Crippen molar-refractivity contribution in [3.63, 3.8) is 0 Å². The monoisotopic (exact) mass is 675 g/mol. The Labute approximate surface area is 89.1 Å². The van der Waals surface area contributed by atoms with Crippen LogP contribution in [0.25, 0.3) is 0 Å². The fraction of sp³-hybridized carbons (Fsp3) is 0. The van der Waals surface area contributed by atoms with E-state index in [0.717, 1.165) is 0 Å². The quantitative estimate of drug-likeness (QED) is 0.308. The predicted octanol–water partition coefficient (Wildman–Crippen LogP) is -0.388. The number of hydrogen-bond donors (Lipinski definition) is 0. The first-order valence-electron chi connectivity index (χ1n) is 0. The van der Waals surface area contributed by atoms with Crippen LogP contribution in [0.15, 0.2) is 0 Å². The van der Waals surface area contributed by atoms with E-state index in [1.54, 1.807) is 0 Å². The van der Waals surface area contributed by atoms with Crippen LogP contribution in [0.3, 0.4) is 0 Å². The maximum Gasteiger partial charge on any atom is 0 e. The summed E-state index contributed by atoms with van der Waals surface area (Å²) in [4.78, 5) is 0. The van der Waals surface area contributed by atoms with Gasteiger partial charge in [-0.05, 0) is 0 Å². The van der Waals surface area contributed by atoms with Crippen molar-refractivity contribution in [3.8, 4) is 0 Å². The fourth-order valence-electron chi connectivity index (χ4n) is 0. The molecule has 0 aliphatic carbocycles. The molecule has 0 bridgehead atoms. The van der Waals surface area contributed by atoms with E-state index in [1.165, 1.54) is 0 Å². The zero-order valence-corrected chi connectivity index (χ0v) is 13.1. The van der Waals surface area contributed by atoms with E-state index in [9.17, 15) is 0 Å². The molecule has 0 heterocycles. The Morgan fingerprint density at radius 3 is 1.00 bits per heavy atom. The average Bonchev–Trinajstić information content (AvgIpc) is 0. The molecular formula is BiNbOsTa. The molecule has 0 nitrogen and oxygen atoms in total. The summed E-state index contributed by atoms with van der Waals surface area (Å²) >= 11 is 0. The van der Waals surface area contributed by atoms with E-state index in [-0.39, 0.29) is 90.8 Å². The fourth-order valence-corrected chi connectivity index (χ4v) is 0. The van der Waals surface area contributed by atoms with E-state index in [0.29, 0.717) is 0 Å². The molecule has 23 valence electrons. The maximum atomic E-state index is 0. The van der Waals surface area contributed by atoms with Crippen molar-refractivity contribution < 1.29 is 64.6 Å². The zero-order chi connectivity index (χ0) is 0. The van der Waals surface area contributed by atoms with Gasteiger partial charge in [0.15, 0.2) is 0 Å². The molecule has 0 aromatic carbocycles. The molecule has 4 heavy (non-hydrogen) atoms. The summed E-state index contributed by atoms with van der Waals surface area (Å²) < 4.78 is 0. The van der Waals surface area contributed by atoms with Crippen molar-refractivity contribution in [2.45, 2.75) is 0 Å². The first-order valence-corrected chi connectivity index (χ1v) is 0. The minimum Gasteiger partial charge on any atom is 0 e. The van der Waals surface area contributed by atoms with Crippen molar-refractivity contribution in [3.05, 3.63) is 0 Å². The Hall–Kier alpha value is 3.00. The van der Waals surface area contributed by atoms with Gasteiger partial charge in [0.2, 0.25) is 0 Å². The summed E-state index contributed by atoms with van der Waals surface area (Å²) in [6.07, 6.45) is 0. The number of rotatable bonds is 0. The van der Waals surface area contributed by atoms with Crippen molar-refractivity contribution >= 4 is 26.2 Å². The van der Waals surface area contributed by atoms with Crippen LogP contribution in [0.4, 0.5) is 0 Å². The Morgan fingerprint density at radius 2 is 1.00 bits per heavy atom. The molecule has 0 aromatic heterocycles. The van der Waals surface area contributed by atoms with E-state index >= 15 is 0 Å². The maximum absolute atomic E-state index is 0. The third-order valence-electron chi connectivity index (χ3n) is 0. The Bertz CT molecular complexity index is 8.00. The van der Waals surface area contributed by atoms with Crippen LogP contribution in [0.2, 0.25) is 0 Å². The van der Waals surface area contributed by atoms with Gasteiger partial charge in [-0.15, -0.1) is 0 Å². The molecule has 0 unspecified atom stereocenters. The molecule has 4 heteroatoms. The van der Waals surface area contributed by atoms with Gasteiger partial charge in [0.05, 0.1) is 0 Å². The second kappa shape index (κ2) is 16.7. The molecule has 0 spiro atoms. The Balaban J connectivity index is 0. The van der Waals surface area contributed by atoms with E-state index < -0.39 is 0 Å². The molecule has 0 fully saturated rings. The summed E-state index contributed by atoms with van der Waals surface area (Å²) in [5.41, 5.74) is 0. The van der Waals surface area contributed by atoms with Gasteiger partial charge in [0.25, 0.3) is 0 Å². The van der Waals surface area contributed by atoms with Gasteiger partial charge >= 0.3 is 0 Å². The van der Waals surface area contributed by atoms with Gasteiger partial charge in [0, 0.05) is 90.8 Å². The van der Waals surface area contributed by atoms with Gasteiger partial charge < -0.3 is 0 Å². The largest absolute Gasteiger partial charge is 0 e. The van der Waals surface area contributed by atoms with Crippen LogP contribution in [0.1, 0.15) is 0 Å². The van der Waals surface area contributed by atoms with Crippen molar-refractivity contribution in [2.24, 2.45) is 0 Å². The summed E-state index contributed by atoms with van der Waals surface area (Å²) in [7, 11) is 0. The van der Waals surface area contributed by atoms with Gasteiger partial charge in [-0.2, -0.15) is 0 Å². The van der Waals surface area contributed by atoms with Gasteiger partial charge in [-0.3, -0.25) is 0 Å². The number of hydrogen-bond acceptors (Lipinski definition) is 0. The Kier molecular flexibility index (Phi) is 117. The molecule has 0 N–H and O–H groups in total. The van der Waals surface area contributed by atoms with Gasteiger partial charge in [-0.1, -0.05) is 0 Å². The van der Waals surface area contributed by atoms with Gasteiger partial charge in [-0.25, -0.2) is 0 Å². The molecule has 0 saturated heterocycles. The molecule has 0 saturated carbocycles. The molecule has 0 aliphatic heterocycles. The molecule has 5 radical (unpaired) electrons. The normalized spacial score (nSPS) is 0. The molecule has 0 rings (SSSR count). The smallest absolute Gasteiger partial charge is 0 e. The third-order valence-corrected chi connectivity index (χ3v) is 0. The zero-order valence-electron chi connectivity index (χ0n) is 1.70. The average molecular weight is 673 g/mol. The first-order chi connectivity index (χ1) is 0. The van der Waals surface area contributed by atoms with Crippen LogP contribution >= 0.6 is 0 Å². The van der Waals surface area contributed by atoms with E-state index in [4.69, 9.17) is 0 Å². The van der Waals surface area contributed by atoms with E-state index in [1.807, 2.05) is 0 Å². The molecule has 0 atom stereocenters. The molecule has 0 amide bonds. The minimum absolute atomic E-state index is 0. The topological polar surface area (TPSA) is 0 Å². The first kappa shape index (κ1) is 28.0. The summed E-state index contributed by atoms with van der Waals surface area (Å²) in [6, 6.07) is 0. The second-order valence-electron chi connectivity index (χ2n) is 0. The van der Waals surface area contributed by atoms with Crippen LogP contribution in [0.5, 0.6) is 0 Å². The van der Waals surface area contributed by atoms with Crippen LogP contribution in [0, 0.1) is 0 Å². The van der Waals surface area contributed by atoms with Crippen molar-refractivity contribution in [1.82, 2.24) is 0 Å². The van der Waals surface area contributed by atoms with Crippen molar-refractivity contribution in [1.29, 1.82) is 0 Å². The summed E-state index contributed by atoms with van der Waals surface area (Å²) in [5.74, 6) is 0. The van der Waals surface area contributed by atoms with E-state index in [2.05, 4.69) is 0 Å². The van der Waals surface area contributed by atoms with Crippen LogP contribution in [-0.2, 0) is 64.6 Å². The molecular weight excluding hydrogens is 673 g/mol.